The van der Waals surface area contributed by atoms with Gasteiger partial charge in [-0.15, -0.1) is 0 Å². The Hall–Kier alpha value is -4.95. The number of H-pyrrole nitrogens is 1. The number of para-hydroxylation sites is 1. The van der Waals surface area contributed by atoms with Crippen LogP contribution in [0.15, 0.2) is 65.8 Å². The zero-order valence-electron chi connectivity index (χ0n) is 23.5. The van der Waals surface area contributed by atoms with Crippen molar-refractivity contribution in [3.8, 4) is 0 Å². The zero-order chi connectivity index (χ0) is 31.4. The molecular weight excluding hydrogens is 556 g/mol. The van der Waals surface area contributed by atoms with Crippen molar-refractivity contribution in [2.24, 2.45) is 22.2 Å². The van der Waals surface area contributed by atoms with E-state index in [1.54, 1.807) is 36.5 Å². The van der Waals surface area contributed by atoms with Crippen molar-refractivity contribution >= 4 is 40.6 Å². The number of carboxylic acid groups (broad SMARTS) is 1. The van der Waals surface area contributed by atoms with Gasteiger partial charge in [0.2, 0.25) is 17.7 Å². The molecule has 14 nitrogen and oxygen atoms in total. The fraction of sp³-hybridized carbons (Fsp3) is 0.345. The molecule has 0 aliphatic heterocycles. The summed E-state index contributed by atoms with van der Waals surface area (Å²) in [5.41, 5.74) is 18.7. The third kappa shape index (κ3) is 9.83. The van der Waals surface area contributed by atoms with Crippen molar-refractivity contribution in [3.63, 3.8) is 0 Å². The number of carbonyl (C=O) groups excluding carboxylic acids is 3. The summed E-state index contributed by atoms with van der Waals surface area (Å²) < 4.78 is 0. The minimum absolute atomic E-state index is 0.0227. The minimum Gasteiger partial charge on any atom is -0.480 e. The quantitative estimate of drug-likeness (QED) is 0.0551. The molecule has 3 rings (SSSR count). The standard InChI is InChI=1S/C29H38N8O6/c30-20(16-38)25(39)36-23(14-18-15-34-21-10-5-4-9-19(18)21)27(41)35-22(11-6-12-33-29(31)32)26(40)37-24(28(42)43)13-17-7-2-1-3-8-17/h1-5,7-10,15,20,22-24,34,38H,6,11-14,16,30H2,(H,35,41)(H,36,39)(H,37,40)(H,42,43)(H4,31,32,33). The third-order valence-corrected chi connectivity index (χ3v) is 6.74. The molecule has 12 N–H and O–H groups in total. The second-order valence-corrected chi connectivity index (χ2v) is 10.0. The first kappa shape index (κ1) is 32.6. The van der Waals surface area contributed by atoms with Crippen molar-refractivity contribution in [2.45, 2.75) is 49.9 Å². The Bertz CT molecular complexity index is 1420. The number of nitrogens with one attached hydrogen (secondary N) is 4. The summed E-state index contributed by atoms with van der Waals surface area (Å²) in [5, 5.41) is 27.7. The van der Waals surface area contributed by atoms with Gasteiger partial charge in [0.25, 0.3) is 0 Å². The summed E-state index contributed by atoms with van der Waals surface area (Å²) >= 11 is 0. The van der Waals surface area contributed by atoms with Gasteiger partial charge in [0, 0.05) is 36.5 Å². The number of carboxylic acids is 1. The SMILES string of the molecule is NC(N)=NCCCC(NC(=O)C(Cc1c[nH]c2ccccc12)NC(=O)C(N)CO)C(=O)NC(Cc1ccccc1)C(=O)O. The Kier molecular flexibility index (Phi) is 12.0. The van der Waals surface area contributed by atoms with Crippen LogP contribution in [0.5, 0.6) is 0 Å². The molecule has 0 saturated heterocycles. The maximum atomic E-state index is 13.6. The van der Waals surface area contributed by atoms with Crippen LogP contribution in [0.4, 0.5) is 0 Å². The molecule has 0 fully saturated rings. The Morgan fingerprint density at radius 3 is 2.14 bits per heavy atom. The highest BCUT2D eigenvalue weighted by Gasteiger charge is 2.31. The Morgan fingerprint density at radius 1 is 0.837 bits per heavy atom. The van der Waals surface area contributed by atoms with Crippen molar-refractivity contribution in [1.82, 2.24) is 20.9 Å². The number of nitrogens with two attached hydrogens (primary N) is 3. The summed E-state index contributed by atoms with van der Waals surface area (Å²) in [6.45, 7) is -0.476. The van der Waals surface area contributed by atoms with Gasteiger partial charge in [-0.25, -0.2) is 4.79 Å². The average molecular weight is 595 g/mol. The average Bonchev–Trinajstić information content (AvgIpc) is 3.40. The largest absolute Gasteiger partial charge is 0.480 e. The Labute approximate surface area is 248 Å². The number of benzene rings is 2. The minimum atomic E-state index is -1.27. The lowest BCUT2D eigenvalue weighted by Crippen LogP contribution is -2.58. The number of carbonyl (C=O) groups is 4. The van der Waals surface area contributed by atoms with E-state index < -0.39 is 54.5 Å². The van der Waals surface area contributed by atoms with Crippen LogP contribution in [0.1, 0.15) is 24.0 Å². The number of aromatic nitrogens is 1. The number of aliphatic hydroxyl groups is 1. The molecule has 0 radical (unpaired) electrons. The van der Waals surface area contributed by atoms with Gasteiger partial charge < -0.3 is 48.3 Å². The Balaban J connectivity index is 1.83. The molecule has 0 saturated carbocycles. The molecule has 4 atom stereocenters. The predicted molar refractivity (Wildman–Crippen MR) is 161 cm³/mol. The van der Waals surface area contributed by atoms with E-state index in [1.165, 1.54) is 0 Å². The fourth-order valence-electron chi connectivity index (χ4n) is 4.46. The topological polar surface area (TPSA) is 251 Å². The number of hydrogen-bond donors (Lipinski definition) is 9. The van der Waals surface area contributed by atoms with Crippen molar-refractivity contribution in [2.75, 3.05) is 13.2 Å². The number of aliphatic carboxylic acids is 1. The maximum absolute atomic E-state index is 13.6. The van der Waals surface area contributed by atoms with Crippen LogP contribution >= 0.6 is 0 Å². The summed E-state index contributed by atoms with van der Waals surface area (Å²) in [7, 11) is 0. The highest BCUT2D eigenvalue weighted by molar-refractivity contribution is 5.95. The molecule has 43 heavy (non-hydrogen) atoms. The first-order valence-corrected chi connectivity index (χ1v) is 13.7. The number of nitrogens with zero attached hydrogens (tertiary/aromatic N) is 1. The predicted octanol–water partition coefficient (Wildman–Crippen LogP) is -1.13. The molecule has 1 heterocycles. The summed E-state index contributed by atoms with van der Waals surface area (Å²) in [6.07, 6.45) is 2.11. The van der Waals surface area contributed by atoms with E-state index in [4.69, 9.17) is 17.2 Å². The van der Waals surface area contributed by atoms with Crippen LogP contribution in [-0.2, 0) is 32.0 Å². The number of fused-ring (bicyclic) bond motifs is 1. The van der Waals surface area contributed by atoms with Gasteiger partial charge in [0.05, 0.1) is 6.61 Å². The van der Waals surface area contributed by atoms with E-state index in [9.17, 15) is 29.4 Å². The highest BCUT2D eigenvalue weighted by atomic mass is 16.4. The van der Waals surface area contributed by atoms with Crippen LogP contribution < -0.4 is 33.2 Å². The lowest BCUT2D eigenvalue weighted by Gasteiger charge is -2.25. The molecule has 0 bridgehead atoms. The zero-order valence-corrected chi connectivity index (χ0v) is 23.5. The number of aliphatic hydroxyl groups excluding tert-OH is 1. The van der Waals surface area contributed by atoms with E-state index in [-0.39, 0.29) is 38.2 Å². The van der Waals surface area contributed by atoms with Gasteiger partial charge in [-0.3, -0.25) is 19.4 Å². The molecule has 2 aromatic carbocycles. The first-order valence-electron chi connectivity index (χ1n) is 13.7. The van der Waals surface area contributed by atoms with Crippen LogP contribution in [0.2, 0.25) is 0 Å². The van der Waals surface area contributed by atoms with Crippen molar-refractivity contribution < 1.29 is 29.4 Å². The first-order chi connectivity index (χ1) is 20.6. The highest BCUT2D eigenvalue weighted by Crippen LogP contribution is 2.19. The number of aromatic amines is 1. The van der Waals surface area contributed by atoms with Gasteiger partial charge in [-0.05, 0) is 30.0 Å². The Morgan fingerprint density at radius 2 is 1.47 bits per heavy atom. The molecule has 230 valence electrons. The van der Waals surface area contributed by atoms with Gasteiger partial charge >= 0.3 is 5.97 Å². The van der Waals surface area contributed by atoms with Crippen molar-refractivity contribution in [1.29, 1.82) is 0 Å². The van der Waals surface area contributed by atoms with Crippen LogP contribution in [0.3, 0.4) is 0 Å². The van der Waals surface area contributed by atoms with Crippen LogP contribution in [0, 0.1) is 0 Å². The van der Waals surface area contributed by atoms with E-state index >= 15 is 0 Å². The maximum Gasteiger partial charge on any atom is 0.326 e. The number of hydrogen-bond acceptors (Lipinski definition) is 7. The van der Waals surface area contributed by atoms with Crippen molar-refractivity contribution in [3.05, 3.63) is 71.9 Å². The lowest BCUT2D eigenvalue weighted by atomic mass is 10.0. The number of aliphatic imine (C=N–C) groups is 1. The molecule has 3 amide bonds. The number of amides is 3. The fourth-order valence-corrected chi connectivity index (χ4v) is 4.46. The summed E-state index contributed by atoms with van der Waals surface area (Å²) in [4.78, 5) is 58.6. The molecule has 3 aromatic rings. The normalized spacial score (nSPS) is 13.7. The lowest BCUT2D eigenvalue weighted by molar-refractivity contribution is -0.142. The number of rotatable bonds is 16. The van der Waals surface area contributed by atoms with Crippen LogP contribution in [0.25, 0.3) is 10.9 Å². The van der Waals surface area contributed by atoms with E-state index in [2.05, 4.69) is 25.9 Å². The van der Waals surface area contributed by atoms with E-state index in [0.29, 0.717) is 5.56 Å². The number of guanidine groups is 1. The monoisotopic (exact) mass is 594 g/mol. The second-order valence-electron chi connectivity index (χ2n) is 10.0. The summed E-state index contributed by atoms with van der Waals surface area (Å²) in [6, 6.07) is 11.3. The molecule has 0 spiro atoms. The molecule has 14 heteroatoms. The molecule has 0 aliphatic rings. The van der Waals surface area contributed by atoms with E-state index in [0.717, 1.165) is 16.5 Å². The molecule has 4 unspecified atom stereocenters. The molecule has 1 aromatic heterocycles. The summed E-state index contributed by atoms with van der Waals surface area (Å²) in [5.74, 6) is -3.58. The smallest absolute Gasteiger partial charge is 0.326 e. The molecular formula is C29H38N8O6. The van der Waals surface area contributed by atoms with Gasteiger partial charge in [0.1, 0.15) is 24.2 Å². The van der Waals surface area contributed by atoms with Gasteiger partial charge in [-0.1, -0.05) is 48.5 Å². The van der Waals surface area contributed by atoms with Crippen LogP contribution in [-0.4, -0.2) is 82.2 Å². The van der Waals surface area contributed by atoms with Gasteiger partial charge in [0.15, 0.2) is 5.96 Å². The van der Waals surface area contributed by atoms with Gasteiger partial charge in [-0.2, -0.15) is 0 Å². The second kappa shape index (κ2) is 15.9. The molecule has 0 aliphatic carbocycles. The third-order valence-electron chi connectivity index (χ3n) is 6.74. The van der Waals surface area contributed by atoms with E-state index in [1.807, 2.05) is 24.3 Å².